The summed E-state index contributed by atoms with van der Waals surface area (Å²) < 4.78 is 0. The van der Waals surface area contributed by atoms with E-state index in [-0.39, 0.29) is 0 Å². The minimum absolute atomic E-state index is 0.776. The van der Waals surface area contributed by atoms with Crippen molar-refractivity contribution >= 4 is 0 Å². The molecule has 0 aromatic carbocycles. The molecule has 90 valence electrons. The Labute approximate surface area is 96.0 Å². The van der Waals surface area contributed by atoms with E-state index in [1.165, 1.54) is 32.1 Å². The van der Waals surface area contributed by atoms with Crippen LogP contribution >= 0.6 is 0 Å². The molecule has 1 aliphatic carbocycles. The Hall–Kier alpha value is -0.0400. The third-order valence-corrected chi connectivity index (χ3v) is 3.74. The van der Waals surface area contributed by atoms with Crippen molar-refractivity contribution in [3.05, 3.63) is 0 Å². The molecule has 1 heteroatoms. The predicted octanol–water partition coefficient (Wildman–Crippen LogP) is 3.84. The molecule has 1 N–H and O–H groups in total. The van der Waals surface area contributed by atoms with Gasteiger partial charge < -0.3 is 5.32 Å². The van der Waals surface area contributed by atoms with Crippen molar-refractivity contribution in [2.75, 3.05) is 6.54 Å². The zero-order valence-electron chi connectivity index (χ0n) is 11.1. The van der Waals surface area contributed by atoms with Gasteiger partial charge in [0.1, 0.15) is 0 Å². The highest BCUT2D eigenvalue weighted by Crippen LogP contribution is 2.32. The summed E-state index contributed by atoms with van der Waals surface area (Å²) in [4.78, 5) is 0. The molecule has 0 aromatic heterocycles. The lowest BCUT2D eigenvalue weighted by molar-refractivity contribution is 0.205. The van der Waals surface area contributed by atoms with E-state index in [0.29, 0.717) is 0 Å². The number of hydrogen-bond donors (Lipinski definition) is 1. The lowest BCUT2D eigenvalue weighted by Gasteiger charge is -2.34. The fourth-order valence-electron chi connectivity index (χ4n) is 3.06. The summed E-state index contributed by atoms with van der Waals surface area (Å²) in [6.07, 6.45) is 7.16. The molecular formula is C14H29N. The topological polar surface area (TPSA) is 12.0 Å². The lowest BCUT2D eigenvalue weighted by atomic mass is 9.76. The maximum atomic E-state index is 3.70. The summed E-state index contributed by atoms with van der Waals surface area (Å²) in [6.45, 7) is 10.5. The van der Waals surface area contributed by atoms with Crippen molar-refractivity contribution < 1.29 is 0 Å². The van der Waals surface area contributed by atoms with E-state index in [4.69, 9.17) is 0 Å². The third kappa shape index (κ3) is 4.55. The molecule has 1 nitrogen and oxygen atoms in total. The highest BCUT2D eigenvalue weighted by atomic mass is 14.9. The predicted molar refractivity (Wildman–Crippen MR) is 68.0 cm³/mol. The first-order valence-corrected chi connectivity index (χ1v) is 6.86. The number of rotatable bonds is 5. The SMILES string of the molecule is CCNC(CC(C)C)C1CCCC(C)C1. The molecule has 15 heavy (non-hydrogen) atoms. The first-order valence-electron chi connectivity index (χ1n) is 6.86. The molecule has 0 aliphatic heterocycles. The van der Waals surface area contributed by atoms with E-state index < -0.39 is 0 Å². The molecule has 0 heterocycles. The normalized spacial score (nSPS) is 29.4. The molecule has 0 aromatic rings. The number of nitrogens with one attached hydrogen (secondary N) is 1. The Bertz CT molecular complexity index is 165. The monoisotopic (exact) mass is 211 g/mol. The van der Waals surface area contributed by atoms with Crippen LogP contribution in [0.2, 0.25) is 0 Å². The quantitative estimate of drug-likeness (QED) is 0.728. The van der Waals surface area contributed by atoms with E-state index in [1.54, 1.807) is 0 Å². The fraction of sp³-hybridized carbons (Fsp3) is 1.00. The minimum atomic E-state index is 0.776. The highest BCUT2D eigenvalue weighted by Gasteiger charge is 2.26. The fourth-order valence-corrected chi connectivity index (χ4v) is 3.06. The van der Waals surface area contributed by atoms with Gasteiger partial charge in [0.15, 0.2) is 0 Å². The maximum Gasteiger partial charge on any atom is 0.00977 e. The standard InChI is InChI=1S/C14H29N/c1-5-15-14(9-11(2)3)13-8-6-7-12(4)10-13/h11-15H,5-10H2,1-4H3. The Morgan fingerprint density at radius 1 is 1.27 bits per heavy atom. The first-order chi connectivity index (χ1) is 7.13. The second kappa shape index (κ2) is 6.52. The molecule has 1 fully saturated rings. The van der Waals surface area contributed by atoms with Gasteiger partial charge in [0.2, 0.25) is 0 Å². The first kappa shape index (κ1) is 13.0. The summed E-state index contributed by atoms with van der Waals surface area (Å²) >= 11 is 0. The van der Waals surface area contributed by atoms with Crippen LogP contribution in [-0.4, -0.2) is 12.6 Å². The van der Waals surface area contributed by atoms with Crippen molar-refractivity contribution in [1.29, 1.82) is 0 Å². The van der Waals surface area contributed by atoms with Crippen molar-refractivity contribution in [2.45, 2.75) is 65.8 Å². The van der Waals surface area contributed by atoms with Crippen LogP contribution < -0.4 is 5.32 Å². The molecule has 0 amide bonds. The van der Waals surface area contributed by atoms with Gasteiger partial charge in [-0.15, -0.1) is 0 Å². The van der Waals surface area contributed by atoms with Crippen LogP contribution in [0.25, 0.3) is 0 Å². The third-order valence-electron chi connectivity index (χ3n) is 3.74. The lowest BCUT2D eigenvalue weighted by Crippen LogP contribution is -2.39. The summed E-state index contributed by atoms with van der Waals surface area (Å²) in [6, 6.07) is 0.776. The zero-order chi connectivity index (χ0) is 11.3. The average Bonchev–Trinajstić information content (AvgIpc) is 2.16. The summed E-state index contributed by atoms with van der Waals surface area (Å²) in [5.74, 6) is 2.72. The van der Waals surface area contributed by atoms with Crippen LogP contribution in [-0.2, 0) is 0 Å². The Morgan fingerprint density at radius 3 is 2.53 bits per heavy atom. The molecule has 0 bridgehead atoms. The largest absolute Gasteiger partial charge is 0.314 e. The van der Waals surface area contributed by atoms with Crippen LogP contribution in [0.4, 0.5) is 0 Å². The van der Waals surface area contributed by atoms with E-state index in [2.05, 4.69) is 33.0 Å². The summed E-state index contributed by atoms with van der Waals surface area (Å²) in [5.41, 5.74) is 0. The van der Waals surface area contributed by atoms with Gasteiger partial charge in [0, 0.05) is 6.04 Å². The Morgan fingerprint density at radius 2 is 2.00 bits per heavy atom. The van der Waals surface area contributed by atoms with Crippen molar-refractivity contribution in [3.63, 3.8) is 0 Å². The van der Waals surface area contributed by atoms with Gasteiger partial charge >= 0.3 is 0 Å². The van der Waals surface area contributed by atoms with Gasteiger partial charge in [-0.25, -0.2) is 0 Å². The van der Waals surface area contributed by atoms with E-state index in [0.717, 1.165) is 30.3 Å². The smallest absolute Gasteiger partial charge is 0.00977 e. The molecule has 1 rings (SSSR count). The Kier molecular flexibility index (Phi) is 5.66. The summed E-state index contributed by atoms with van der Waals surface area (Å²) in [7, 11) is 0. The van der Waals surface area contributed by atoms with Crippen LogP contribution in [0.1, 0.15) is 59.8 Å². The molecule has 1 aliphatic rings. The van der Waals surface area contributed by atoms with Gasteiger partial charge in [-0.3, -0.25) is 0 Å². The molecule has 0 radical (unpaired) electrons. The second-order valence-corrected chi connectivity index (χ2v) is 5.83. The van der Waals surface area contributed by atoms with E-state index in [9.17, 15) is 0 Å². The van der Waals surface area contributed by atoms with Crippen LogP contribution in [0.15, 0.2) is 0 Å². The molecule has 0 saturated heterocycles. The molecule has 3 unspecified atom stereocenters. The van der Waals surface area contributed by atoms with Crippen LogP contribution in [0, 0.1) is 17.8 Å². The van der Waals surface area contributed by atoms with Gasteiger partial charge in [0.05, 0.1) is 0 Å². The van der Waals surface area contributed by atoms with Crippen molar-refractivity contribution in [1.82, 2.24) is 5.32 Å². The number of hydrogen-bond acceptors (Lipinski definition) is 1. The average molecular weight is 211 g/mol. The summed E-state index contributed by atoms with van der Waals surface area (Å²) in [5, 5.41) is 3.70. The molecule has 1 saturated carbocycles. The van der Waals surface area contributed by atoms with Crippen LogP contribution in [0.3, 0.4) is 0 Å². The zero-order valence-corrected chi connectivity index (χ0v) is 11.1. The molecule has 3 atom stereocenters. The van der Waals surface area contributed by atoms with Gasteiger partial charge in [-0.1, -0.05) is 40.5 Å². The van der Waals surface area contributed by atoms with E-state index in [1.807, 2.05) is 0 Å². The Balaban J connectivity index is 2.45. The molecule has 0 spiro atoms. The maximum absolute atomic E-state index is 3.70. The van der Waals surface area contributed by atoms with Gasteiger partial charge in [-0.2, -0.15) is 0 Å². The van der Waals surface area contributed by atoms with Crippen LogP contribution in [0.5, 0.6) is 0 Å². The highest BCUT2D eigenvalue weighted by molar-refractivity contribution is 4.81. The van der Waals surface area contributed by atoms with E-state index >= 15 is 0 Å². The van der Waals surface area contributed by atoms with Crippen molar-refractivity contribution in [3.8, 4) is 0 Å². The van der Waals surface area contributed by atoms with Crippen molar-refractivity contribution in [2.24, 2.45) is 17.8 Å². The second-order valence-electron chi connectivity index (χ2n) is 5.83. The van der Waals surface area contributed by atoms with Gasteiger partial charge in [0.25, 0.3) is 0 Å². The molecular weight excluding hydrogens is 182 g/mol. The minimum Gasteiger partial charge on any atom is -0.314 e. The van der Waals surface area contributed by atoms with Gasteiger partial charge in [-0.05, 0) is 43.6 Å².